The van der Waals surface area contributed by atoms with E-state index < -0.39 is 5.91 Å². The number of halogens is 1. The normalized spacial score (nSPS) is 14.4. The summed E-state index contributed by atoms with van der Waals surface area (Å²) < 4.78 is 5.51. The molecule has 0 aliphatic carbocycles. The Hall–Kier alpha value is -2.11. The summed E-state index contributed by atoms with van der Waals surface area (Å²) in [4.78, 5) is 19.4. The molecule has 0 spiro atoms. The third-order valence-corrected chi connectivity index (χ3v) is 5.26. The summed E-state index contributed by atoms with van der Waals surface area (Å²) in [5.74, 6) is 0.550. The molecular formula is C21H26ClN3O2. The number of carbonyl (C=O) groups is 1. The van der Waals surface area contributed by atoms with Gasteiger partial charge in [-0.1, -0.05) is 37.6 Å². The van der Waals surface area contributed by atoms with Gasteiger partial charge in [-0.15, -0.1) is 0 Å². The highest BCUT2D eigenvalue weighted by molar-refractivity contribution is 6.30. The van der Waals surface area contributed by atoms with Gasteiger partial charge in [0.25, 0.3) is 5.91 Å². The zero-order valence-corrected chi connectivity index (χ0v) is 16.7. The number of carbonyl (C=O) groups excluding carboxylic acids is 1. The van der Waals surface area contributed by atoms with Crippen LogP contribution in [0.1, 0.15) is 46.6 Å². The molecule has 1 aliphatic rings. The highest BCUT2D eigenvalue weighted by Crippen LogP contribution is 2.31. The average molecular weight is 388 g/mol. The van der Waals surface area contributed by atoms with Gasteiger partial charge in [-0.05, 0) is 36.1 Å². The molecule has 1 aromatic heterocycles. The Morgan fingerprint density at radius 2 is 1.81 bits per heavy atom. The number of hydrogen-bond donors (Lipinski definition) is 1. The van der Waals surface area contributed by atoms with E-state index in [4.69, 9.17) is 27.1 Å². The zero-order valence-electron chi connectivity index (χ0n) is 15.9. The minimum absolute atomic E-state index is 0.401. The highest BCUT2D eigenvalue weighted by Gasteiger charge is 2.25. The first-order valence-electron chi connectivity index (χ1n) is 9.46. The van der Waals surface area contributed by atoms with Crippen molar-refractivity contribution < 1.29 is 9.53 Å². The second kappa shape index (κ2) is 8.72. The van der Waals surface area contributed by atoms with Gasteiger partial charge in [-0.3, -0.25) is 4.79 Å². The van der Waals surface area contributed by atoms with Crippen LogP contribution in [0.5, 0.6) is 0 Å². The molecule has 1 amide bonds. The molecule has 2 N–H and O–H groups in total. The summed E-state index contributed by atoms with van der Waals surface area (Å²) >= 11 is 6.04. The maximum Gasteiger partial charge on any atom is 0.250 e. The fourth-order valence-electron chi connectivity index (χ4n) is 3.68. The number of aromatic nitrogens is 1. The van der Waals surface area contributed by atoms with Gasteiger partial charge in [-0.25, -0.2) is 4.98 Å². The zero-order chi connectivity index (χ0) is 19.4. The van der Waals surface area contributed by atoms with Crippen molar-refractivity contribution in [1.29, 1.82) is 0 Å². The number of nitrogens with zero attached hydrogens (tertiary/aromatic N) is 2. The van der Waals surface area contributed by atoms with E-state index >= 15 is 0 Å². The van der Waals surface area contributed by atoms with Crippen molar-refractivity contribution in [2.75, 3.05) is 31.2 Å². The molecule has 6 heteroatoms. The van der Waals surface area contributed by atoms with Crippen molar-refractivity contribution in [3.05, 3.63) is 57.2 Å². The molecule has 144 valence electrons. The Bertz CT molecular complexity index is 815. The molecule has 1 aliphatic heterocycles. The number of amides is 1. The van der Waals surface area contributed by atoms with Gasteiger partial charge < -0.3 is 15.4 Å². The van der Waals surface area contributed by atoms with Crippen LogP contribution in [0.4, 0.5) is 5.82 Å². The number of morpholine rings is 1. The van der Waals surface area contributed by atoms with Gasteiger partial charge in [0, 0.05) is 30.1 Å². The highest BCUT2D eigenvalue weighted by atomic mass is 35.5. The van der Waals surface area contributed by atoms with E-state index in [2.05, 4.69) is 11.8 Å². The molecule has 1 saturated heterocycles. The summed E-state index contributed by atoms with van der Waals surface area (Å²) in [6, 6.07) is 7.81. The van der Waals surface area contributed by atoms with Crippen molar-refractivity contribution in [3.8, 4) is 0 Å². The first-order valence-corrected chi connectivity index (χ1v) is 9.84. The predicted octanol–water partition coefficient (Wildman–Crippen LogP) is 3.39. The van der Waals surface area contributed by atoms with Crippen molar-refractivity contribution >= 4 is 23.3 Å². The maximum atomic E-state index is 12.2. The van der Waals surface area contributed by atoms with Crippen molar-refractivity contribution in [2.24, 2.45) is 5.73 Å². The van der Waals surface area contributed by atoms with Gasteiger partial charge in [0.2, 0.25) is 0 Å². The van der Waals surface area contributed by atoms with E-state index in [0.717, 1.165) is 47.7 Å². The number of ether oxygens (including phenoxy) is 1. The number of hydrogen-bond acceptors (Lipinski definition) is 4. The molecule has 2 aromatic rings. The molecule has 0 radical (unpaired) electrons. The smallest absolute Gasteiger partial charge is 0.250 e. The van der Waals surface area contributed by atoms with Crippen LogP contribution in [0.25, 0.3) is 0 Å². The molecule has 5 nitrogen and oxygen atoms in total. The number of aryl methyl sites for hydroxylation is 1. The molecule has 27 heavy (non-hydrogen) atoms. The maximum absolute atomic E-state index is 12.2. The number of primary amides is 1. The predicted molar refractivity (Wildman–Crippen MR) is 109 cm³/mol. The Morgan fingerprint density at radius 1 is 1.15 bits per heavy atom. The van der Waals surface area contributed by atoms with Gasteiger partial charge in [0.15, 0.2) is 0 Å². The summed E-state index contributed by atoms with van der Waals surface area (Å²) in [5.41, 5.74) is 10.3. The van der Waals surface area contributed by atoms with Crippen LogP contribution in [0.15, 0.2) is 24.3 Å². The lowest BCUT2D eigenvalue weighted by atomic mass is 9.92. The van der Waals surface area contributed by atoms with Gasteiger partial charge >= 0.3 is 0 Å². The molecule has 1 fully saturated rings. The number of pyridine rings is 1. The number of benzene rings is 1. The van der Waals surface area contributed by atoms with Crippen LogP contribution in [-0.2, 0) is 24.0 Å². The molecule has 0 unspecified atom stereocenters. The lowest BCUT2D eigenvalue weighted by molar-refractivity contribution is 0.0997. The molecule has 1 aromatic carbocycles. The third kappa shape index (κ3) is 4.25. The largest absolute Gasteiger partial charge is 0.378 e. The minimum atomic E-state index is -0.401. The molecule has 2 heterocycles. The fraction of sp³-hybridized carbons (Fsp3) is 0.429. The van der Waals surface area contributed by atoms with E-state index in [-0.39, 0.29) is 0 Å². The van der Waals surface area contributed by atoms with E-state index in [1.165, 1.54) is 0 Å². The summed E-state index contributed by atoms with van der Waals surface area (Å²) in [6.45, 7) is 7.03. The fourth-order valence-corrected chi connectivity index (χ4v) is 3.80. The summed E-state index contributed by atoms with van der Waals surface area (Å²) in [6.07, 6.45) is 2.09. The summed E-state index contributed by atoms with van der Waals surface area (Å²) in [7, 11) is 0. The number of anilines is 1. The lowest BCUT2D eigenvalue weighted by Gasteiger charge is -2.31. The first kappa shape index (κ1) is 19.6. The Labute approximate surface area is 165 Å². The number of nitrogens with two attached hydrogens (primary N) is 1. The monoisotopic (exact) mass is 387 g/mol. The Kier molecular flexibility index (Phi) is 6.34. The van der Waals surface area contributed by atoms with Crippen LogP contribution in [-0.4, -0.2) is 37.2 Å². The third-order valence-electron chi connectivity index (χ3n) is 5.01. The topological polar surface area (TPSA) is 68.5 Å². The molecule has 0 atom stereocenters. The van der Waals surface area contributed by atoms with E-state index in [1.807, 2.05) is 31.2 Å². The standard InChI is InChI=1S/C21H26ClN3O2/c1-3-16-17(13-14-5-7-15(22)8-6-14)21(25-9-11-27-12-10-25)24-18(4-2)19(16)20(23)26/h5-8H,3-4,9-13H2,1-2H3,(H2,23,26). The van der Waals surface area contributed by atoms with Crippen LogP contribution in [0.3, 0.4) is 0 Å². The van der Waals surface area contributed by atoms with Crippen LogP contribution in [0.2, 0.25) is 5.02 Å². The molecule has 0 saturated carbocycles. The van der Waals surface area contributed by atoms with Crippen molar-refractivity contribution in [3.63, 3.8) is 0 Å². The Balaban J connectivity index is 2.17. The van der Waals surface area contributed by atoms with Crippen molar-refractivity contribution in [2.45, 2.75) is 33.1 Å². The number of rotatable bonds is 6. The quantitative estimate of drug-likeness (QED) is 0.824. The molecule has 3 rings (SSSR count). The SMILES string of the molecule is CCc1nc(N2CCOCC2)c(Cc2ccc(Cl)cc2)c(CC)c1C(N)=O. The van der Waals surface area contributed by atoms with Crippen molar-refractivity contribution in [1.82, 2.24) is 4.98 Å². The van der Waals surface area contributed by atoms with Gasteiger partial charge in [-0.2, -0.15) is 0 Å². The molecular weight excluding hydrogens is 362 g/mol. The Morgan fingerprint density at radius 3 is 2.37 bits per heavy atom. The van der Waals surface area contributed by atoms with Crippen LogP contribution >= 0.6 is 11.6 Å². The van der Waals surface area contributed by atoms with Crippen LogP contribution in [0, 0.1) is 0 Å². The minimum Gasteiger partial charge on any atom is -0.378 e. The van der Waals surface area contributed by atoms with Gasteiger partial charge in [0.05, 0.1) is 24.5 Å². The van der Waals surface area contributed by atoms with Gasteiger partial charge in [0.1, 0.15) is 5.82 Å². The van der Waals surface area contributed by atoms with E-state index in [1.54, 1.807) is 0 Å². The average Bonchev–Trinajstić information content (AvgIpc) is 2.69. The second-order valence-corrected chi connectivity index (χ2v) is 7.12. The summed E-state index contributed by atoms with van der Waals surface area (Å²) in [5, 5.41) is 0.708. The molecule has 0 bridgehead atoms. The van der Waals surface area contributed by atoms with Crippen LogP contribution < -0.4 is 10.6 Å². The lowest BCUT2D eigenvalue weighted by Crippen LogP contribution is -2.38. The second-order valence-electron chi connectivity index (χ2n) is 6.69. The first-order chi connectivity index (χ1) is 13.0. The van der Waals surface area contributed by atoms with E-state index in [9.17, 15) is 4.79 Å². The van der Waals surface area contributed by atoms with E-state index in [0.29, 0.717) is 36.6 Å².